The summed E-state index contributed by atoms with van der Waals surface area (Å²) in [5.74, 6) is -3.84. The average Bonchev–Trinajstić information content (AvgIpc) is 2.71. The van der Waals surface area contributed by atoms with Crippen molar-refractivity contribution in [1.82, 2.24) is 10.2 Å². The zero-order valence-electron chi connectivity index (χ0n) is 16.3. The summed E-state index contributed by atoms with van der Waals surface area (Å²) in [5, 5.41) is 11.2. The summed E-state index contributed by atoms with van der Waals surface area (Å²) in [7, 11) is 0. The summed E-state index contributed by atoms with van der Waals surface area (Å²) in [6.07, 6.45) is -3.36. The van der Waals surface area contributed by atoms with Gasteiger partial charge >= 0.3 is 18.0 Å². The maximum Gasteiger partial charge on any atom is 0.411 e. The first-order valence-corrected chi connectivity index (χ1v) is 8.40. The molecule has 152 valence electrons. The Labute approximate surface area is 157 Å². The van der Waals surface area contributed by atoms with Gasteiger partial charge in [-0.3, -0.25) is 24.6 Å². The van der Waals surface area contributed by atoms with Gasteiger partial charge < -0.3 is 14.6 Å². The van der Waals surface area contributed by atoms with Crippen LogP contribution in [0.1, 0.15) is 54.4 Å². The molecule has 10 nitrogen and oxygen atoms in total. The van der Waals surface area contributed by atoms with E-state index < -0.39 is 59.6 Å². The fraction of sp³-hybridized carbons (Fsp3) is 0.706. The molecule has 10 heteroatoms. The Bertz CT molecular complexity index is 644. The van der Waals surface area contributed by atoms with Gasteiger partial charge in [0, 0.05) is 5.54 Å². The van der Waals surface area contributed by atoms with Crippen LogP contribution in [0, 0.1) is 0 Å². The molecule has 3 amide bonds. The van der Waals surface area contributed by atoms with Gasteiger partial charge in [-0.15, -0.1) is 0 Å². The fourth-order valence-electron chi connectivity index (χ4n) is 2.47. The molecule has 1 heterocycles. The van der Waals surface area contributed by atoms with Crippen LogP contribution in [0.4, 0.5) is 4.79 Å². The monoisotopic (exact) mass is 386 g/mol. The molecule has 2 N–H and O–H groups in total. The standard InChI is InChI=1S/C17H26N2O8/c1-16(2,3)19(15(25)27-17(4,5)6)9(7-12(21)22)14(24)26-10-8-11(20)18-13(10)23/h9-10H,7-8H2,1-6H3,(H,21,22)(H,18,20,23)/t9-,10+/m1/s1. The molecule has 1 aliphatic heterocycles. The third-order valence-corrected chi connectivity index (χ3v) is 3.45. The summed E-state index contributed by atoms with van der Waals surface area (Å²) in [6.45, 7) is 9.70. The second kappa shape index (κ2) is 7.93. The van der Waals surface area contributed by atoms with Crippen molar-refractivity contribution in [2.45, 2.75) is 77.7 Å². The minimum Gasteiger partial charge on any atom is -0.481 e. The van der Waals surface area contributed by atoms with Crippen molar-refractivity contribution in [2.24, 2.45) is 0 Å². The lowest BCUT2D eigenvalue weighted by atomic mass is 10.0. The number of carboxylic acid groups (broad SMARTS) is 1. The summed E-state index contributed by atoms with van der Waals surface area (Å²) < 4.78 is 10.3. The van der Waals surface area contributed by atoms with Crippen LogP contribution in [0.15, 0.2) is 0 Å². The highest BCUT2D eigenvalue weighted by Gasteiger charge is 2.44. The first kappa shape index (κ1) is 22.4. The Balaban J connectivity index is 3.16. The predicted molar refractivity (Wildman–Crippen MR) is 91.5 cm³/mol. The van der Waals surface area contributed by atoms with Crippen molar-refractivity contribution in [3.63, 3.8) is 0 Å². The Morgan fingerprint density at radius 1 is 1.19 bits per heavy atom. The molecular formula is C17H26N2O8. The minimum atomic E-state index is -1.54. The van der Waals surface area contributed by atoms with E-state index in [-0.39, 0.29) is 6.42 Å². The van der Waals surface area contributed by atoms with Crippen LogP contribution in [0.2, 0.25) is 0 Å². The van der Waals surface area contributed by atoms with E-state index >= 15 is 0 Å². The van der Waals surface area contributed by atoms with E-state index in [2.05, 4.69) is 0 Å². The highest BCUT2D eigenvalue weighted by Crippen LogP contribution is 2.25. The Kier molecular flexibility index (Phi) is 6.58. The summed E-state index contributed by atoms with van der Waals surface area (Å²) >= 11 is 0. The van der Waals surface area contributed by atoms with Gasteiger partial charge in [0.15, 0.2) is 6.10 Å². The van der Waals surface area contributed by atoms with Crippen LogP contribution in [-0.2, 0) is 28.7 Å². The molecular weight excluding hydrogens is 360 g/mol. The number of hydrogen-bond donors (Lipinski definition) is 2. The topological polar surface area (TPSA) is 139 Å². The molecule has 0 aromatic carbocycles. The molecule has 27 heavy (non-hydrogen) atoms. The molecule has 0 spiro atoms. The number of ether oxygens (including phenoxy) is 2. The van der Waals surface area contributed by atoms with Crippen LogP contribution >= 0.6 is 0 Å². The van der Waals surface area contributed by atoms with Crippen molar-refractivity contribution in [1.29, 1.82) is 0 Å². The quantitative estimate of drug-likeness (QED) is 0.523. The maximum absolute atomic E-state index is 12.7. The smallest absolute Gasteiger partial charge is 0.411 e. The summed E-state index contributed by atoms with van der Waals surface area (Å²) in [6, 6.07) is -1.54. The first-order valence-electron chi connectivity index (χ1n) is 8.40. The number of carbonyl (C=O) groups excluding carboxylic acids is 4. The van der Waals surface area contributed by atoms with Crippen molar-refractivity contribution in [2.75, 3.05) is 0 Å². The molecule has 0 aromatic heterocycles. The van der Waals surface area contributed by atoms with Gasteiger partial charge in [0.2, 0.25) is 5.91 Å². The van der Waals surface area contributed by atoms with Crippen molar-refractivity contribution < 1.29 is 38.6 Å². The van der Waals surface area contributed by atoms with Crippen molar-refractivity contribution >= 4 is 29.8 Å². The summed E-state index contributed by atoms with van der Waals surface area (Å²) in [5.41, 5.74) is -1.87. The Hall–Kier alpha value is -2.65. The van der Waals surface area contributed by atoms with Gasteiger partial charge in [0.25, 0.3) is 5.91 Å². The minimum absolute atomic E-state index is 0.355. The second-order valence-corrected chi connectivity index (χ2v) is 8.18. The van der Waals surface area contributed by atoms with Crippen LogP contribution < -0.4 is 5.32 Å². The Morgan fingerprint density at radius 3 is 2.11 bits per heavy atom. The van der Waals surface area contributed by atoms with E-state index in [1.54, 1.807) is 41.5 Å². The SMILES string of the molecule is CC(C)(C)OC(=O)N([C@H](CC(=O)O)C(=O)O[C@H]1CC(=O)NC1=O)C(C)(C)C. The maximum atomic E-state index is 12.7. The molecule has 0 aromatic rings. The van der Waals surface area contributed by atoms with E-state index in [1.165, 1.54) is 0 Å². The lowest BCUT2D eigenvalue weighted by molar-refractivity contribution is -0.163. The molecule has 1 saturated heterocycles. The number of esters is 1. The van der Waals surface area contributed by atoms with Crippen LogP contribution in [0.25, 0.3) is 0 Å². The molecule has 2 atom stereocenters. The van der Waals surface area contributed by atoms with E-state index in [1.807, 2.05) is 5.32 Å². The fourth-order valence-corrected chi connectivity index (χ4v) is 2.47. The van der Waals surface area contributed by atoms with Crippen molar-refractivity contribution in [3.8, 4) is 0 Å². The van der Waals surface area contributed by atoms with Crippen LogP contribution in [-0.4, -0.2) is 63.1 Å². The molecule has 0 saturated carbocycles. The van der Waals surface area contributed by atoms with Gasteiger partial charge in [-0.2, -0.15) is 0 Å². The van der Waals surface area contributed by atoms with Gasteiger partial charge in [-0.05, 0) is 41.5 Å². The van der Waals surface area contributed by atoms with E-state index in [0.29, 0.717) is 0 Å². The second-order valence-electron chi connectivity index (χ2n) is 8.18. The van der Waals surface area contributed by atoms with E-state index in [0.717, 1.165) is 4.90 Å². The number of hydrogen-bond acceptors (Lipinski definition) is 7. The van der Waals surface area contributed by atoms with Crippen LogP contribution in [0.3, 0.4) is 0 Å². The molecule has 1 rings (SSSR count). The van der Waals surface area contributed by atoms with Gasteiger partial charge in [0.05, 0.1) is 12.8 Å². The molecule has 1 fully saturated rings. The third kappa shape index (κ3) is 6.54. The summed E-state index contributed by atoms with van der Waals surface area (Å²) in [4.78, 5) is 60.4. The average molecular weight is 386 g/mol. The van der Waals surface area contributed by atoms with Crippen LogP contribution in [0.5, 0.6) is 0 Å². The third-order valence-electron chi connectivity index (χ3n) is 3.45. The van der Waals surface area contributed by atoms with Crippen molar-refractivity contribution in [3.05, 3.63) is 0 Å². The lowest BCUT2D eigenvalue weighted by Crippen LogP contribution is -2.57. The molecule has 0 aliphatic carbocycles. The molecule has 0 bridgehead atoms. The number of carboxylic acids is 1. The van der Waals surface area contributed by atoms with Gasteiger partial charge in [-0.1, -0.05) is 0 Å². The number of rotatable bonds is 5. The number of nitrogens with zero attached hydrogens (tertiary/aromatic N) is 1. The molecule has 1 aliphatic rings. The predicted octanol–water partition coefficient (Wildman–Crippen LogP) is 0.824. The number of imide groups is 1. The highest BCUT2D eigenvalue weighted by molar-refractivity contribution is 6.05. The lowest BCUT2D eigenvalue weighted by Gasteiger charge is -2.40. The van der Waals surface area contributed by atoms with Gasteiger partial charge in [0.1, 0.15) is 11.6 Å². The number of nitrogens with one attached hydrogen (secondary N) is 1. The first-order chi connectivity index (χ1) is 12.1. The molecule has 0 unspecified atom stereocenters. The zero-order chi connectivity index (χ0) is 21.2. The molecule has 0 radical (unpaired) electrons. The van der Waals surface area contributed by atoms with Gasteiger partial charge in [-0.25, -0.2) is 9.59 Å². The Morgan fingerprint density at radius 2 is 1.74 bits per heavy atom. The number of amides is 3. The largest absolute Gasteiger partial charge is 0.481 e. The van der Waals surface area contributed by atoms with E-state index in [4.69, 9.17) is 9.47 Å². The normalized spacial score (nSPS) is 18.5. The van der Waals surface area contributed by atoms with E-state index in [9.17, 15) is 29.1 Å². The zero-order valence-corrected chi connectivity index (χ0v) is 16.3. The number of carbonyl (C=O) groups is 5. The number of aliphatic carboxylic acids is 1. The highest BCUT2D eigenvalue weighted by atomic mass is 16.6.